The third kappa shape index (κ3) is 4.67. The molecule has 1 heterocycles. The largest absolute Gasteiger partial charge is 0.383 e. The number of para-hydroxylation sites is 1. The normalized spacial score (nSPS) is 11.4. The second-order valence-corrected chi connectivity index (χ2v) is 5.18. The summed E-state index contributed by atoms with van der Waals surface area (Å²) in [5.74, 6) is 0. The first-order valence-corrected chi connectivity index (χ1v) is 7.20. The van der Waals surface area contributed by atoms with Gasteiger partial charge in [-0.25, -0.2) is 0 Å². The van der Waals surface area contributed by atoms with E-state index < -0.39 is 0 Å². The molecule has 0 spiro atoms. The van der Waals surface area contributed by atoms with Gasteiger partial charge in [-0.05, 0) is 24.6 Å². The zero-order valence-electron chi connectivity index (χ0n) is 12.7. The zero-order valence-corrected chi connectivity index (χ0v) is 12.7. The molecule has 1 aromatic heterocycles. The first-order chi connectivity index (χ1) is 10.2. The molecule has 0 saturated heterocycles. The Kier molecular flexibility index (Phi) is 5.92. The SMILES string of the molecule is COCCN(C)CCNCc1cc2ccccc2[nH]c1=O. The molecule has 0 saturated carbocycles. The van der Waals surface area contributed by atoms with E-state index in [2.05, 4.69) is 22.2 Å². The predicted molar refractivity (Wildman–Crippen MR) is 85.6 cm³/mol. The van der Waals surface area contributed by atoms with E-state index in [-0.39, 0.29) is 5.56 Å². The molecule has 5 nitrogen and oxygen atoms in total. The number of ether oxygens (including phenoxy) is 1. The maximum Gasteiger partial charge on any atom is 0.252 e. The van der Waals surface area contributed by atoms with Crippen LogP contribution in [-0.2, 0) is 11.3 Å². The number of hydrogen-bond donors (Lipinski definition) is 2. The minimum Gasteiger partial charge on any atom is -0.383 e. The molecular weight excluding hydrogens is 266 g/mol. The summed E-state index contributed by atoms with van der Waals surface area (Å²) in [5.41, 5.74) is 1.63. The van der Waals surface area contributed by atoms with E-state index in [1.165, 1.54) is 0 Å². The van der Waals surface area contributed by atoms with E-state index in [4.69, 9.17) is 4.74 Å². The van der Waals surface area contributed by atoms with Gasteiger partial charge in [-0.15, -0.1) is 0 Å². The second-order valence-electron chi connectivity index (χ2n) is 5.18. The van der Waals surface area contributed by atoms with Crippen LogP contribution in [0.5, 0.6) is 0 Å². The number of pyridine rings is 1. The van der Waals surface area contributed by atoms with Gasteiger partial charge in [0.2, 0.25) is 0 Å². The first-order valence-electron chi connectivity index (χ1n) is 7.20. The molecule has 0 aliphatic heterocycles. The van der Waals surface area contributed by atoms with Gasteiger partial charge in [0.1, 0.15) is 0 Å². The number of aromatic amines is 1. The first kappa shape index (κ1) is 15.7. The van der Waals surface area contributed by atoms with Crippen LogP contribution in [0.1, 0.15) is 5.56 Å². The molecule has 0 atom stereocenters. The van der Waals surface area contributed by atoms with Crippen molar-refractivity contribution in [3.63, 3.8) is 0 Å². The minimum absolute atomic E-state index is 0.0195. The van der Waals surface area contributed by atoms with E-state index >= 15 is 0 Å². The summed E-state index contributed by atoms with van der Waals surface area (Å²) >= 11 is 0. The summed E-state index contributed by atoms with van der Waals surface area (Å²) in [4.78, 5) is 17.1. The topological polar surface area (TPSA) is 57.4 Å². The molecule has 0 bridgehead atoms. The van der Waals surface area contributed by atoms with Crippen molar-refractivity contribution in [2.24, 2.45) is 0 Å². The number of methoxy groups -OCH3 is 1. The smallest absolute Gasteiger partial charge is 0.252 e. The lowest BCUT2D eigenvalue weighted by Crippen LogP contribution is -2.32. The molecular formula is C16H23N3O2. The quantitative estimate of drug-likeness (QED) is 0.717. The molecule has 114 valence electrons. The van der Waals surface area contributed by atoms with Crippen molar-refractivity contribution in [2.45, 2.75) is 6.54 Å². The fourth-order valence-electron chi connectivity index (χ4n) is 2.18. The molecule has 0 aliphatic carbocycles. The lowest BCUT2D eigenvalue weighted by Gasteiger charge is -2.16. The van der Waals surface area contributed by atoms with Crippen molar-refractivity contribution >= 4 is 10.9 Å². The Bertz CT molecular complexity index is 624. The van der Waals surface area contributed by atoms with Crippen LogP contribution in [-0.4, -0.2) is 50.3 Å². The maximum atomic E-state index is 12.0. The average molecular weight is 289 g/mol. The molecule has 0 amide bonds. The van der Waals surface area contributed by atoms with Crippen LogP contribution in [0.15, 0.2) is 35.1 Å². The van der Waals surface area contributed by atoms with Gasteiger partial charge in [-0.1, -0.05) is 18.2 Å². The Balaban J connectivity index is 1.86. The van der Waals surface area contributed by atoms with Gasteiger partial charge in [0, 0.05) is 44.4 Å². The van der Waals surface area contributed by atoms with Crippen LogP contribution in [0, 0.1) is 0 Å². The van der Waals surface area contributed by atoms with Crippen molar-refractivity contribution in [1.82, 2.24) is 15.2 Å². The van der Waals surface area contributed by atoms with E-state index in [0.717, 1.165) is 42.7 Å². The number of nitrogens with one attached hydrogen (secondary N) is 2. The zero-order chi connectivity index (χ0) is 15.1. The van der Waals surface area contributed by atoms with E-state index in [1.807, 2.05) is 30.3 Å². The Morgan fingerprint density at radius 1 is 1.29 bits per heavy atom. The molecule has 2 rings (SSSR count). The number of rotatable bonds is 8. The van der Waals surface area contributed by atoms with E-state index in [0.29, 0.717) is 6.54 Å². The number of nitrogens with zero attached hydrogens (tertiary/aromatic N) is 1. The Morgan fingerprint density at radius 2 is 2.10 bits per heavy atom. The highest BCUT2D eigenvalue weighted by molar-refractivity contribution is 5.78. The Hall–Kier alpha value is -1.69. The molecule has 21 heavy (non-hydrogen) atoms. The highest BCUT2D eigenvalue weighted by atomic mass is 16.5. The van der Waals surface area contributed by atoms with Crippen molar-refractivity contribution in [2.75, 3.05) is 40.4 Å². The second kappa shape index (κ2) is 7.93. The lowest BCUT2D eigenvalue weighted by atomic mass is 10.1. The van der Waals surface area contributed by atoms with Crippen molar-refractivity contribution in [3.8, 4) is 0 Å². The van der Waals surface area contributed by atoms with Crippen LogP contribution in [0.4, 0.5) is 0 Å². The van der Waals surface area contributed by atoms with Crippen LogP contribution in [0.3, 0.4) is 0 Å². The fraction of sp³-hybridized carbons (Fsp3) is 0.438. The molecule has 2 N–H and O–H groups in total. The van der Waals surface area contributed by atoms with Gasteiger partial charge in [-0.2, -0.15) is 0 Å². The molecule has 0 radical (unpaired) electrons. The third-order valence-corrected chi connectivity index (χ3v) is 3.49. The Labute approximate surface area is 124 Å². The minimum atomic E-state index is -0.0195. The average Bonchev–Trinajstić information content (AvgIpc) is 2.49. The maximum absolute atomic E-state index is 12.0. The molecule has 0 fully saturated rings. The van der Waals surface area contributed by atoms with Gasteiger partial charge in [0.05, 0.1) is 6.61 Å². The van der Waals surface area contributed by atoms with Crippen molar-refractivity contribution in [3.05, 3.63) is 46.2 Å². The molecule has 5 heteroatoms. The summed E-state index contributed by atoms with van der Waals surface area (Å²) in [6, 6.07) is 9.77. The molecule has 0 unspecified atom stereocenters. The van der Waals surface area contributed by atoms with Gasteiger partial charge >= 0.3 is 0 Å². The monoisotopic (exact) mass is 289 g/mol. The summed E-state index contributed by atoms with van der Waals surface area (Å²) in [6.45, 7) is 4.00. The lowest BCUT2D eigenvalue weighted by molar-refractivity contribution is 0.161. The fourth-order valence-corrected chi connectivity index (χ4v) is 2.18. The van der Waals surface area contributed by atoms with Gasteiger partial charge in [0.15, 0.2) is 0 Å². The van der Waals surface area contributed by atoms with Gasteiger partial charge < -0.3 is 19.9 Å². The number of H-pyrrole nitrogens is 1. The number of benzene rings is 1. The van der Waals surface area contributed by atoms with E-state index in [9.17, 15) is 4.79 Å². The third-order valence-electron chi connectivity index (χ3n) is 3.49. The molecule has 1 aromatic carbocycles. The molecule has 2 aromatic rings. The van der Waals surface area contributed by atoms with Gasteiger partial charge in [-0.3, -0.25) is 4.79 Å². The van der Waals surface area contributed by atoms with Crippen LogP contribution in [0.2, 0.25) is 0 Å². The summed E-state index contributed by atoms with van der Waals surface area (Å²) < 4.78 is 5.04. The number of likely N-dealkylation sites (N-methyl/N-ethyl adjacent to an activating group) is 1. The van der Waals surface area contributed by atoms with E-state index in [1.54, 1.807) is 7.11 Å². The van der Waals surface area contributed by atoms with Crippen LogP contribution < -0.4 is 10.9 Å². The standard InChI is InChI=1S/C16H23N3O2/c1-19(9-10-21-2)8-7-17-12-14-11-13-5-3-4-6-15(13)18-16(14)20/h3-6,11,17H,7-10,12H2,1-2H3,(H,18,20). The number of fused-ring (bicyclic) bond motifs is 1. The summed E-state index contributed by atoms with van der Waals surface area (Å²) in [6.07, 6.45) is 0. The van der Waals surface area contributed by atoms with Gasteiger partial charge in [0.25, 0.3) is 5.56 Å². The highest BCUT2D eigenvalue weighted by Gasteiger charge is 2.03. The predicted octanol–water partition coefficient (Wildman–Crippen LogP) is 1.20. The number of aromatic nitrogens is 1. The summed E-state index contributed by atoms with van der Waals surface area (Å²) in [7, 11) is 3.77. The highest BCUT2D eigenvalue weighted by Crippen LogP contribution is 2.09. The van der Waals surface area contributed by atoms with Crippen LogP contribution >= 0.6 is 0 Å². The van der Waals surface area contributed by atoms with Crippen LogP contribution in [0.25, 0.3) is 10.9 Å². The van der Waals surface area contributed by atoms with Crippen molar-refractivity contribution < 1.29 is 4.74 Å². The number of hydrogen-bond acceptors (Lipinski definition) is 4. The Morgan fingerprint density at radius 3 is 2.90 bits per heavy atom. The molecule has 0 aliphatic rings. The van der Waals surface area contributed by atoms with Crippen molar-refractivity contribution in [1.29, 1.82) is 0 Å². The summed E-state index contributed by atoms with van der Waals surface area (Å²) in [5, 5.41) is 4.37.